The number of pyridine rings is 1. The van der Waals surface area contributed by atoms with Crippen LogP contribution in [0.2, 0.25) is 0 Å². The fraction of sp³-hybridized carbons (Fsp3) is 0.545. The van der Waals surface area contributed by atoms with Crippen LogP contribution in [0.1, 0.15) is 13.8 Å². The highest BCUT2D eigenvalue weighted by Crippen LogP contribution is 2.23. The molecule has 5 heteroatoms. The molecule has 0 spiro atoms. The summed E-state index contributed by atoms with van der Waals surface area (Å²) in [6.07, 6.45) is 1.66. The van der Waals surface area contributed by atoms with Crippen LogP contribution in [0.3, 0.4) is 0 Å². The minimum atomic E-state index is -0.501. The first-order valence-corrected chi connectivity index (χ1v) is 5.91. The van der Waals surface area contributed by atoms with Gasteiger partial charge in [-0.3, -0.25) is 0 Å². The predicted molar refractivity (Wildman–Crippen MR) is 62.3 cm³/mol. The second-order valence-electron chi connectivity index (χ2n) is 4.07. The van der Waals surface area contributed by atoms with Gasteiger partial charge in [-0.25, -0.2) is 4.98 Å². The second-order valence-corrected chi connectivity index (χ2v) is 4.99. The molecule has 2 rings (SSSR count). The zero-order valence-corrected chi connectivity index (χ0v) is 10.9. The predicted octanol–water partition coefficient (Wildman–Crippen LogP) is 2.37. The molecule has 0 radical (unpaired) electrons. The summed E-state index contributed by atoms with van der Waals surface area (Å²) < 4.78 is 17.5. The zero-order chi connectivity index (χ0) is 11.6. The minimum Gasteiger partial charge on any atom is -0.475 e. The highest BCUT2D eigenvalue weighted by atomic mass is 79.9. The summed E-state index contributed by atoms with van der Waals surface area (Å²) in [6.45, 7) is 4.79. The molecule has 0 aliphatic carbocycles. The smallest absolute Gasteiger partial charge is 0.214 e. The molecule has 1 atom stereocenters. The molecule has 88 valence electrons. The van der Waals surface area contributed by atoms with Crippen molar-refractivity contribution in [2.24, 2.45) is 0 Å². The number of hydrogen-bond acceptors (Lipinski definition) is 4. The van der Waals surface area contributed by atoms with Gasteiger partial charge < -0.3 is 14.2 Å². The molecule has 2 heterocycles. The van der Waals surface area contributed by atoms with Crippen LogP contribution in [0.4, 0.5) is 0 Å². The van der Waals surface area contributed by atoms with Gasteiger partial charge in [-0.1, -0.05) is 15.9 Å². The van der Waals surface area contributed by atoms with Crippen LogP contribution in [-0.4, -0.2) is 30.1 Å². The number of nitrogens with zero attached hydrogens (tertiary/aromatic N) is 1. The van der Waals surface area contributed by atoms with Gasteiger partial charge in [0, 0.05) is 16.7 Å². The normalized spacial score (nSPS) is 23.3. The largest absolute Gasteiger partial charge is 0.475 e. The first kappa shape index (κ1) is 11.8. The fourth-order valence-corrected chi connectivity index (χ4v) is 1.80. The number of hydrogen-bond donors (Lipinski definition) is 0. The second kappa shape index (κ2) is 4.69. The molecule has 0 bridgehead atoms. The van der Waals surface area contributed by atoms with E-state index < -0.39 is 5.79 Å². The Morgan fingerprint density at radius 3 is 3.06 bits per heavy atom. The third-order valence-electron chi connectivity index (χ3n) is 2.18. The van der Waals surface area contributed by atoms with E-state index in [1.807, 2.05) is 26.0 Å². The first-order chi connectivity index (χ1) is 7.55. The minimum absolute atomic E-state index is 0.0317. The van der Waals surface area contributed by atoms with E-state index in [0.717, 1.165) is 4.47 Å². The Hall–Kier alpha value is -0.650. The summed E-state index contributed by atoms with van der Waals surface area (Å²) in [5.74, 6) is 0.0846. The summed E-state index contributed by atoms with van der Waals surface area (Å²) in [4.78, 5) is 4.09. The van der Waals surface area contributed by atoms with Crippen molar-refractivity contribution in [3.63, 3.8) is 0 Å². The van der Waals surface area contributed by atoms with Crippen molar-refractivity contribution in [1.29, 1.82) is 0 Å². The molecule has 16 heavy (non-hydrogen) atoms. The Labute approximate surface area is 103 Å². The molecule has 0 amide bonds. The lowest BCUT2D eigenvalue weighted by Gasteiger charge is -2.17. The lowest BCUT2D eigenvalue weighted by atomic mass is 10.4. The average Bonchev–Trinajstić information content (AvgIpc) is 2.56. The third-order valence-corrected chi connectivity index (χ3v) is 2.67. The van der Waals surface area contributed by atoms with Crippen LogP contribution >= 0.6 is 15.9 Å². The van der Waals surface area contributed by atoms with Gasteiger partial charge in [-0.15, -0.1) is 0 Å². The molecule has 4 nitrogen and oxygen atoms in total. The van der Waals surface area contributed by atoms with Crippen molar-refractivity contribution in [2.45, 2.75) is 25.7 Å². The molecule has 0 N–H and O–H groups in total. The van der Waals surface area contributed by atoms with Gasteiger partial charge in [0.05, 0.1) is 6.61 Å². The lowest BCUT2D eigenvalue weighted by Crippen LogP contribution is -2.25. The van der Waals surface area contributed by atoms with Gasteiger partial charge in [0.1, 0.15) is 12.7 Å². The number of aromatic nitrogens is 1. The van der Waals surface area contributed by atoms with Crippen LogP contribution in [0.25, 0.3) is 0 Å². The van der Waals surface area contributed by atoms with Crippen LogP contribution in [0.15, 0.2) is 22.8 Å². The number of halogens is 1. The summed E-state index contributed by atoms with van der Waals surface area (Å²) in [5.41, 5.74) is 0. The monoisotopic (exact) mass is 287 g/mol. The van der Waals surface area contributed by atoms with Crippen molar-refractivity contribution in [3.05, 3.63) is 22.8 Å². The molecule has 1 aliphatic rings. The SMILES string of the molecule is CC1(C)OC[C@@H](COc2cc(Br)ccn2)O1. The molecule has 1 aromatic rings. The standard InChI is InChI=1S/C11H14BrNO3/c1-11(2)15-7-9(16-11)6-14-10-5-8(12)3-4-13-10/h3-5,9H,6-7H2,1-2H3/t9-/m1/s1. The van der Waals surface area contributed by atoms with Crippen molar-refractivity contribution >= 4 is 15.9 Å². The van der Waals surface area contributed by atoms with Crippen LogP contribution < -0.4 is 4.74 Å². The Morgan fingerprint density at radius 1 is 1.62 bits per heavy atom. The van der Waals surface area contributed by atoms with Crippen LogP contribution in [0, 0.1) is 0 Å². The van der Waals surface area contributed by atoms with Crippen LogP contribution in [0.5, 0.6) is 5.88 Å². The topological polar surface area (TPSA) is 40.6 Å². The number of rotatable bonds is 3. The highest BCUT2D eigenvalue weighted by molar-refractivity contribution is 9.10. The first-order valence-electron chi connectivity index (χ1n) is 5.11. The summed E-state index contributed by atoms with van der Waals surface area (Å²) >= 11 is 3.36. The third kappa shape index (κ3) is 3.17. The van der Waals surface area contributed by atoms with Gasteiger partial charge in [-0.05, 0) is 19.9 Å². The maximum atomic E-state index is 5.61. The van der Waals surface area contributed by atoms with E-state index in [0.29, 0.717) is 19.1 Å². The van der Waals surface area contributed by atoms with Crippen molar-refractivity contribution in [1.82, 2.24) is 4.98 Å². The Bertz CT molecular complexity index is 370. The lowest BCUT2D eigenvalue weighted by molar-refractivity contribution is -0.141. The Morgan fingerprint density at radius 2 is 2.44 bits per heavy atom. The van der Waals surface area contributed by atoms with Gasteiger partial charge in [0.15, 0.2) is 5.79 Å². The van der Waals surface area contributed by atoms with Gasteiger partial charge in [0.25, 0.3) is 0 Å². The summed E-state index contributed by atoms with van der Waals surface area (Å²) in [7, 11) is 0. The van der Waals surface area contributed by atoms with E-state index in [4.69, 9.17) is 14.2 Å². The van der Waals surface area contributed by atoms with Gasteiger partial charge in [-0.2, -0.15) is 0 Å². The zero-order valence-electron chi connectivity index (χ0n) is 9.27. The molecule has 1 aliphatic heterocycles. The summed E-state index contributed by atoms with van der Waals surface area (Å²) in [5, 5.41) is 0. The van der Waals surface area contributed by atoms with Crippen molar-refractivity contribution < 1.29 is 14.2 Å². The average molecular weight is 288 g/mol. The summed E-state index contributed by atoms with van der Waals surface area (Å²) in [6, 6.07) is 3.67. The molecular formula is C11H14BrNO3. The molecule has 0 aromatic carbocycles. The molecule has 1 fully saturated rings. The van der Waals surface area contributed by atoms with Gasteiger partial charge >= 0.3 is 0 Å². The highest BCUT2D eigenvalue weighted by Gasteiger charge is 2.32. The molecule has 1 saturated heterocycles. The quantitative estimate of drug-likeness (QED) is 0.856. The maximum absolute atomic E-state index is 5.61. The van der Waals surface area contributed by atoms with E-state index in [1.54, 1.807) is 6.20 Å². The van der Waals surface area contributed by atoms with E-state index in [1.165, 1.54) is 0 Å². The van der Waals surface area contributed by atoms with E-state index in [9.17, 15) is 0 Å². The number of ether oxygens (including phenoxy) is 3. The molecule has 0 unspecified atom stereocenters. The van der Waals surface area contributed by atoms with Crippen molar-refractivity contribution in [2.75, 3.05) is 13.2 Å². The van der Waals surface area contributed by atoms with E-state index in [2.05, 4.69) is 20.9 Å². The van der Waals surface area contributed by atoms with Crippen LogP contribution in [-0.2, 0) is 9.47 Å². The van der Waals surface area contributed by atoms with Gasteiger partial charge in [0.2, 0.25) is 5.88 Å². The molecule has 0 saturated carbocycles. The van der Waals surface area contributed by atoms with E-state index in [-0.39, 0.29) is 6.10 Å². The molecule has 1 aromatic heterocycles. The van der Waals surface area contributed by atoms with Crippen molar-refractivity contribution in [3.8, 4) is 5.88 Å². The fourth-order valence-electron chi connectivity index (χ4n) is 1.49. The Balaban J connectivity index is 1.84. The maximum Gasteiger partial charge on any atom is 0.214 e. The molecular weight excluding hydrogens is 274 g/mol. The van der Waals surface area contributed by atoms with E-state index >= 15 is 0 Å². The Kier molecular flexibility index (Phi) is 3.47.